The highest BCUT2D eigenvalue weighted by molar-refractivity contribution is 7.20. The summed E-state index contributed by atoms with van der Waals surface area (Å²) in [5.41, 5.74) is 8.41. The zero-order chi connectivity index (χ0) is 24.2. The molecule has 1 saturated heterocycles. The highest BCUT2D eigenvalue weighted by Gasteiger charge is 2.38. The molecular weight excluding hydrogens is 501 g/mol. The number of carboxylic acids is 1. The molecule has 13 heteroatoms. The van der Waals surface area contributed by atoms with Gasteiger partial charge in [-0.05, 0) is 17.9 Å². The minimum Gasteiger partial charge on any atom is -0.475 e. The molecule has 0 radical (unpaired) electrons. The fraction of sp³-hybridized carbons (Fsp3) is 0.350. The van der Waals surface area contributed by atoms with Crippen LogP contribution in [0.5, 0.6) is 0 Å². The van der Waals surface area contributed by atoms with E-state index in [1.807, 2.05) is 12.1 Å². The number of nitrogens with one attached hydrogen (secondary N) is 1. The highest BCUT2D eigenvalue weighted by atomic mass is 35.5. The number of carbonyl (C=O) groups is 1. The lowest BCUT2D eigenvalue weighted by Crippen LogP contribution is -2.37. The van der Waals surface area contributed by atoms with E-state index >= 15 is 0 Å². The van der Waals surface area contributed by atoms with E-state index in [0.29, 0.717) is 36.0 Å². The quantitative estimate of drug-likeness (QED) is 0.417. The SMILES string of the molecule is N#Cc1c([C@H]2CCOC[C@@H]2N)sc2c(NCc3cccs3)cc(Cl)nc12.O=C(O)C(F)(F)F. The molecule has 1 fully saturated rings. The molecule has 2 atom stereocenters. The molecule has 0 amide bonds. The van der Waals surface area contributed by atoms with Gasteiger partial charge in [0.2, 0.25) is 0 Å². The first-order valence-corrected chi connectivity index (χ1v) is 11.6. The van der Waals surface area contributed by atoms with Gasteiger partial charge in [0.25, 0.3) is 0 Å². The maximum Gasteiger partial charge on any atom is 0.490 e. The Morgan fingerprint density at radius 2 is 2.21 bits per heavy atom. The molecule has 0 aliphatic carbocycles. The van der Waals surface area contributed by atoms with Gasteiger partial charge in [-0.2, -0.15) is 18.4 Å². The molecule has 0 unspecified atom stereocenters. The summed E-state index contributed by atoms with van der Waals surface area (Å²) in [6.07, 6.45) is -4.27. The van der Waals surface area contributed by atoms with Gasteiger partial charge < -0.3 is 20.9 Å². The molecule has 0 saturated carbocycles. The number of pyridine rings is 1. The van der Waals surface area contributed by atoms with Crippen molar-refractivity contribution in [3.8, 4) is 6.07 Å². The Morgan fingerprint density at radius 3 is 2.79 bits per heavy atom. The first kappa shape index (κ1) is 25.2. The monoisotopic (exact) mass is 518 g/mol. The van der Waals surface area contributed by atoms with Gasteiger partial charge in [-0.25, -0.2) is 9.78 Å². The van der Waals surface area contributed by atoms with Crippen molar-refractivity contribution in [2.45, 2.75) is 31.1 Å². The Labute approximate surface area is 199 Å². The topological polar surface area (TPSA) is 121 Å². The molecule has 4 N–H and O–H groups in total. The number of fused-ring (bicyclic) bond motifs is 1. The number of hydrogen-bond donors (Lipinski definition) is 3. The van der Waals surface area contributed by atoms with Gasteiger partial charge in [0.1, 0.15) is 16.7 Å². The maximum absolute atomic E-state index is 10.6. The van der Waals surface area contributed by atoms with Crippen molar-refractivity contribution in [3.63, 3.8) is 0 Å². The van der Waals surface area contributed by atoms with Crippen LogP contribution in [-0.2, 0) is 16.1 Å². The molecule has 176 valence electrons. The standard InChI is InChI=1S/C18H17ClN4OS2.C2HF3O2/c19-15-6-14(22-8-10-2-1-5-25-10)18-16(23-15)12(7-20)17(26-18)11-3-4-24-9-13(11)21;3-2(4,5)1(6)7/h1-2,5-6,11,13H,3-4,8-9,21H2,(H,22,23);(H,6,7)/t11-,13-;/m0./s1. The number of hydrogen-bond acceptors (Lipinski definition) is 8. The number of aliphatic carboxylic acids is 1. The second-order valence-electron chi connectivity index (χ2n) is 6.99. The number of halogens is 4. The molecule has 4 heterocycles. The molecule has 0 aromatic carbocycles. The average molecular weight is 519 g/mol. The van der Waals surface area contributed by atoms with Gasteiger partial charge in [-0.15, -0.1) is 22.7 Å². The summed E-state index contributed by atoms with van der Waals surface area (Å²) < 4.78 is 38.1. The molecule has 33 heavy (non-hydrogen) atoms. The van der Waals surface area contributed by atoms with Crippen molar-refractivity contribution in [1.29, 1.82) is 5.26 Å². The Morgan fingerprint density at radius 1 is 1.48 bits per heavy atom. The van der Waals surface area contributed by atoms with Crippen LogP contribution in [0.2, 0.25) is 5.15 Å². The second kappa shape index (κ2) is 10.7. The van der Waals surface area contributed by atoms with Crippen LogP contribution in [0.3, 0.4) is 0 Å². The van der Waals surface area contributed by atoms with Crippen LogP contribution in [0.1, 0.15) is 27.7 Å². The van der Waals surface area contributed by atoms with Crippen molar-refractivity contribution >= 4 is 56.1 Å². The third-order valence-corrected chi connectivity index (χ3v) is 7.18. The lowest BCUT2D eigenvalue weighted by atomic mass is 9.92. The van der Waals surface area contributed by atoms with Crippen molar-refractivity contribution in [1.82, 2.24) is 4.98 Å². The van der Waals surface area contributed by atoms with Crippen LogP contribution in [-0.4, -0.2) is 41.5 Å². The minimum atomic E-state index is -5.08. The van der Waals surface area contributed by atoms with Gasteiger partial charge in [0.15, 0.2) is 0 Å². The number of rotatable bonds is 4. The van der Waals surface area contributed by atoms with E-state index in [0.717, 1.165) is 21.7 Å². The van der Waals surface area contributed by atoms with E-state index in [4.69, 9.17) is 32.0 Å². The van der Waals surface area contributed by atoms with Crippen LogP contribution in [0.15, 0.2) is 23.6 Å². The molecule has 1 aliphatic rings. The number of thiophene rings is 2. The van der Waals surface area contributed by atoms with E-state index in [1.54, 1.807) is 22.7 Å². The van der Waals surface area contributed by atoms with Crippen LogP contribution in [0, 0.1) is 11.3 Å². The van der Waals surface area contributed by atoms with E-state index in [-0.39, 0.29) is 12.0 Å². The summed E-state index contributed by atoms with van der Waals surface area (Å²) in [6, 6.07) is 8.15. The first-order chi connectivity index (χ1) is 15.6. The van der Waals surface area contributed by atoms with E-state index < -0.39 is 12.1 Å². The van der Waals surface area contributed by atoms with E-state index in [9.17, 15) is 18.4 Å². The summed E-state index contributed by atoms with van der Waals surface area (Å²) in [5.74, 6) is -2.64. The van der Waals surface area contributed by atoms with Crippen molar-refractivity contribution < 1.29 is 27.8 Å². The van der Waals surface area contributed by atoms with Gasteiger partial charge in [0.05, 0.1) is 22.6 Å². The van der Waals surface area contributed by atoms with Crippen LogP contribution in [0.25, 0.3) is 10.2 Å². The van der Waals surface area contributed by atoms with Crippen molar-refractivity contribution in [3.05, 3.63) is 44.1 Å². The fourth-order valence-electron chi connectivity index (χ4n) is 3.23. The number of ether oxygens (including phenoxy) is 1. The van der Waals surface area contributed by atoms with Crippen LogP contribution in [0.4, 0.5) is 18.9 Å². The van der Waals surface area contributed by atoms with Crippen molar-refractivity contribution in [2.75, 3.05) is 18.5 Å². The van der Waals surface area contributed by atoms with Crippen LogP contribution < -0.4 is 11.1 Å². The summed E-state index contributed by atoms with van der Waals surface area (Å²) in [5, 5.41) is 22.8. The lowest BCUT2D eigenvalue weighted by Gasteiger charge is -2.28. The van der Waals surface area contributed by atoms with E-state index in [1.165, 1.54) is 4.88 Å². The Balaban J connectivity index is 0.000000383. The van der Waals surface area contributed by atoms with Crippen LogP contribution >= 0.6 is 34.3 Å². The third-order valence-electron chi connectivity index (χ3n) is 4.76. The zero-order valence-corrected chi connectivity index (χ0v) is 19.2. The number of nitriles is 1. The summed E-state index contributed by atoms with van der Waals surface area (Å²) in [4.78, 5) is 15.6. The lowest BCUT2D eigenvalue weighted by molar-refractivity contribution is -0.192. The molecule has 7 nitrogen and oxygen atoms in total. The molecule has 1 aliphatic heterocycles. The summed E-state index contributed by atoms with van der Waals surface area (Å²) >= 11 is 9.53. The zero-order valence-electron chi connectivity index (χ0n) is 16.9. The number of carboxylic acid groups (broad SMARTS) is 1. The fourth-order valence-corrected chi connectivity index (χ4v) is 5.47. The van der Waals surface area contributed by atoms with Gasteiger partial charge in [-0.3, -0.25) is 0 Å². The molecule has 0 bridgehead atoms. The predicted octanol–water partition coefficient (Wildman–Crippen LogP) is 4.96. The number of anilines is 1. The Kier molecular flexibility index (Phi) is 8.14. The Hall–Kier alpha value is -2.43. The number of aromatic nitrogens is 1. The Bertz CT molecular complexity index is 1160. The van der Waals surface area contributed by atoms with Gasteiger partial charge >= 0.3 is 12.1 Å². The van der Waals surface area contributed by atoms with Crippen molar-refractivity contribution in [2.24, 2.45) is 5.73 Å². The highest BCUT2D eigenvalue weighted by Crippen LogP contribution is 2.42. The van der Waals surface area contributed by atoms with Gasteiger partial charge in [0, 0.05) is 40.9 Å². The molecular formula is C20H18ClF3N4O3S2. The smallest absolute Gasteiger partial charge is 0.475 e. The predicted molar refractivity (Wildman–Crippen MR) is 121 cm³/mol. The van der Waals surface area contributed by atoms with Gasteiger partial charge in [-0.1, -0.05) is 17.7 Å². The molecule has 3 aromatic rings. The number of nitrogens with zero attached hydrogens (tertiary/aromatic N) is 2. The number of alkyl halides is 3. The molecule has 4 rings (SSSR count). The third kappa shape index (κ3) is 6.13. The molecule has 0 spiro atoms. The van der Waals surface area contributed by atoms with E-state index in [2.05, 4.69) is 27.8 Å². The summed E-state index contributed by atoms with van der Waals surface area (Å²) in [7, 11) is 0. The average Bonchev–Trinajstić information content (AvgIpc) is 3.39. The normalized spacial score (nSPS) is 18.3. The minimum absolute atomic E-state index is 0.109. The maximum atomic E-state index is 10.6. The number of nitrogens with two attached hydrogens (primary N) is 1. The largest absolute Gasteiger partial charge is 0.490 e. The summed E-state index contributed by atoms with van der Waals surface area (Å²) in [6.45, 7) is 1.88. The first-order valence-electron chi connectivity index (χ1n) is 9.54. The second-order valence-corrected chi connectivity index (χ2v) is 9.46. The molecule has 3 aromatic heterocycles.